The Labute approximate surface area is 91.8 Å². The number of methoxy groups -OCH3 is 1. The number of amides is 1. The van der Waals surface area contributed by atoms with Gasteiger partial charge in [0.1, 0.15) is 0 Å². The number of carbonyl (C=O) groups excluding carboxylic acids is 1. The summed E-state index contributed by atoms with van der Waals surface area (Å²) in [5.74, 6) is 0.137. The summed E-state index contributed by atoms with van der Waals surface area (Å²) >= 11 is 0. The van der Waals surface area contributed by atoms with E-state index < -0.39 is 0 Å². The summed E-state index contributed by atoms with van der Waals surface area (Å²) in [5, 5.41) is 6.24. The second-order valence-electron chi connectivity index (χ2n) is 4.19. The number of piperidine rings is 1. The summed E-state index contributed by atoms with van der Waals surface area (Å²) in [6.07, 6.45) is 4.16. The van der Waals surface area contributed by atoms with E-state index in [0.29, 0.717) is 19.2 Å². The van der Waals surface area contributed by atoms with Crippen molar-refractivity contribution < 1.29 is 9.53 Å². The van der Waals surface area contributed by atoms with Crippen LogP contribution < -0.4 is 10.6 Å². The van der Waals surface area contributed by atoms with Crippen molar-refractivity contribution in [3.63, 3.8) is 0 Å². The maximum Gasteiger partial charge on any atom is 0.237 e. The molecule has 0 bridgehead atoms. The van der Waals surface area contributed by atoms with Gasteiger partial charge >= 0.3 is 0 Å². The van der Waals surface area contributed by atoms with Gasteiger partial charge in [0.15, 0.2) is 0 Å². The Kier molecular flexibility index (Phi) is 5.65. The monoisotopic (exact) mass is 214 g/mol. The standard InChI is InChI=1S/C11H22N2O2/c1-9-5-3-6-10(13-9)11(14)12-7-4-8-15-2/h9-10,13H,3-8H2,1-2H3,(H,12,14)/t9-,10-/m0/s1. The molecule has 1 aliphatic heterocycles. The number of nitrogens with one attached hydrogen (secondary N) is 2. The summed E-state index contributed by atoms with van der Waals surface area (Å²) in [7, 11) is 1.67. The van der Waals surface area contributed by atoms with Crippen LogP contribution in [0.15, 0.2) is 0 Å². The van der Waals surface area contributed by atoms with Gasteiger partial charge in [-0.25, -0.2) is 0 Å². The highest BCUT2D eigenvalue weighted by Crippen LogP contribution is 2.12. The van der Waals surface area contributed by atoms with Crippen molar-refractivity contribution in [3.8, 4) is 0 Å². The molecule has 1 aliphatic rings. The Balaban J connectivity index is 2.15. The molecule has 0 saturated carbocycles. The van der Waals surface area contributed by atoms with Crippen molar-refractivity contribution in [2.75, 3.05) is 20.3 Å². The summed E-state index contributed by atoms with van der Waals surface area (Å²) in [6, 6.07) is 0.477. The van der Waals surface area contributed by atoms with Crippen molar-refractivity contribution in [1.29, 1.82) is 0 Å². The highest BCUT2D eigenvalue weighted by Gasteiger charge is 2.23. The predicted octanol–water partition coefficient (Wildman–Crippen LogP) is 0.670. The van der Waals surface area contributed by atoms with E-state index >= 15 is 0 Å². The zero-order chi connectivity index (χ0) is 11.1. The van der Waals surface area contributed by atoms with E-state index in [0.717, 1.165) is 19.3 Å². The van der Waals surface area contributed by atoms with Crippen molar-refractivity contribution in [2.24, 2.45) is 0 Å². The molecule has 15 heavy (non-hydrogen) atoms. The highest BCUT2D eigenvalue weighted by atomic mass is 16.5. The fourth-order valence-corrected chi connectivity index (χ4v) is 1.90. The average molecular weight is 214 g/mol. The molecule has 0 unspecified atom stereocenters. The summed E-state index contributed by atoms with van der Waals surface area (Å²) < 4.78 is 4.92. The van der Waals surface area contributed by atoms with Crippen LogP contribution in [0.4, 0.5) is 0 Å². The molecule has 0 aliphatic carbocycles. The number of hydrogen-bond donors (Lipinski definition) is 2. The molecule has 1 saturated heterocycles. The van der Waals surface area contributed by atoms with Gasteiger partial charge in [-0.3, -0.25) is 4.79 Å². The summed E-state index contributed by atoms with van der Waals surface area (Å²) in [6.45, 7) is 3.54. The first-order chi connectivity index (χ1) is 7.24. The first-order valence-corrected chi connectivity index (χ1v) is 5.76. The van der Waals surface area contributed by atoms with Crippen molar-refractivity contribution in [3.05, 3.63) is 0 Å². The van der Waals surface area contributed by atoms with Gasteiger partial charge in [0.05, 0.1) is 6.04 Å². The molecule has 4 heteroatoms. The van der Waals surface area contributed by atoms with E-state index in [1.165, 1.54) is 6.42 Å². The van der Waals surface area contributed by atoms with Gasteiger partial charge in [0.2, 0.25) is 5.91 Å². The van der Waals surface area contributed by atoms with Crippen LogP contribution in [0, 0.1) is 0 Å². The number of rotatable bonds is 5. The Bertz CT molecular complexity index is 197. The van der Waals surface area contributed by atoms with Crippen LogP contribution >= 0.6 is 0 Å². The SMILES string of the molecule is COCCCNC(=O)[C@@H]1CCC[C@H](C)N1. The third-order valence-corrected chi connectivity index (χ3v) is 2.76. The maximum absolute atomic E-state index is 11.7. The molecule has 1 heterocycles. The highest BCUT2D eigenvalue weighted by molar-refractivity contribution is 5.81. The Morgan fingerprint density at radius 3 is 3.00 bits per heavy atom. The minimum Gasteiger partial charge on any atom is -0.385 e. The predicted molar refractivity (Wildman–Crippen MR) is 59.7 cm³/mol. The van der Waals surface area contributed by atoms with E-state index in [2.05, 4.69) is 17.6 Å². The Morgan fingerprint density at radius 2 is 2.33 bits per heavy atom. The van der Waals surface area contributed by atoms with Crippen LogP contribution in [0.25, 0.3) is 0 Å². The van der Waals surface area contributed by atoms with E-state index in [1.807, 2.05) is 0 Å². The zero-order valence-corrected chi connectivity index (χ0v) is 9.71. The first kappa shape index (κ1) is 12.5. The van der Waals surface area contributed by atoms with Gasteiger partial charge in [-0.15, -0.1) is 0 Å². The lowest BCUT2D eigenvalue weighted by atomic mass is 9.99. The largest absolute Gasteiger partial charge is 0.385 e. The van der Waals surface area contributed by atoms with Crippen LogP contribution in [-0.4, -0.2) is 38.3 Å². The second-order valence-corrected chi connectivity index (χ2v) is 4.19. The normalized spacial score (nSPS) is 26.3. The van der Waals surface area contributed by atoms with Gasteiger partial charge in [0.25, 0.3) is 0 Å². The molecule has 1 fully saturated rings. The average Bonchev–Trinajstić information content (AvgIpc) is 2.24. The fourth-order valence-electron chi connectivity index (χ4n) is 1.90. The number of ether oxygens (including phenoxy) is 1. The van der Waals surface area contributed by atoms with Crippen LogP contribution in [0.1, 0.15) is 32.6 Å². The molecule has 2 atom stereocenters. The first-order valence-electron chi connectivity index (χ1n) is 5.76. The lowest BCUT2D eigenvalue weighted by Crippen LogP contribution is -2.50. The summed E-state index contributed by atoms with van der Waals surface area (Å²) in [5.41, 5.74) is 0. The minimum absolute atomic E-state index is 0.0105. The maximum atomic E-state index is 11.7. The molecule has 1 amide bonds. The van der Waals surface area contributed by atoms with Crippen molar-refractivity contribution in [1.82, 2.24) is 10.6 Å². The van der Waals surface area contributed by atoms with Gasteiger partial charge in [-0.05, 0) is 32.6 Å². The zero-order valence-electron chi connectivity index (χ0n) is 9.71. The molecule has 2 N–H and O–H groups in total. The third-order valence-electron chi connectivity index (χ3n) is 2.76. The van der Waals surface area contributed by atoms with E-state index in [9.17, 15) is 4.79 Å². The topological polar surface area (TPSA) is 50.4 Å². The Morgan fingerprint density at radius 1 is 1.53 bits per heavy atom. The molecule has 0 spiro atoms. The van der Waals surface area contributed by atoms with Gasteiger partial charge in [-0.2, -0.15) is 0 Å². The third kappa shape index (κ3) is 4.62. The molecule has 0 radical (unpaired) electrons. The minimum atomic E-state index is 0.0105. The van der Waals surface area contributed by atoms with Gasteiger partial charge in [-0.1, -0.05) is 0 Å². The van der Waals surface area contributed by atoms with E-state index in [1.54, 1.807) is 7.11 Å². The number of hydrogen-bond acceptors (Lipinski definition) is 3. The van der Waals surface area contributed by atoms with E-state index in [4.69, 9.17) is 4.74 Å². The molecule has 88 valence electrons. The second kappa shape index (κ2) is 6.80. The lowest BCUT2D eigenvalue weighted by molar-refractivity contribution is -0.124. The van der Waals surface area contributed by atoms with Crippen molar-refractivity contribution >= 4 is 5.91 Å². The molecular formula is C11H22N2O2. The number of carbonyl (C=O) groups is 1. The fraction of sp³-hybridized carbons (Fsp3) is 0.909. The van der Waals surface area contributed by atoms with Crippen molar-refractivity contribution in [2.45, 2.75) is 44.7 Å². The Hall–Kier alpha value is -0.610. The smallest absolute Gasteiger partial charge is 0.237 e. The molecular weight excluding hydrogens is 192 g/mol. The van der Waals surface area contributed by atoms with Crippen LogP contribution in [0.3, 0.4) is 0 Å². The molecule has 0 aromatic rings. The molecule has 4 nitrogen and oxygen atoms in total. The van der Waals surface area contributed by atoms with Gasteiger partial charge < -0.3 is 15.4 Å². The van der Waals surface area contributed by atoms with Crippen LogP contribution in [-0.2, 0) is 9.53 Å². The summed E-state index contributed by atoms with van der Waals surface area (Å²) in [4.78, 5) is 11.7. The quantitative estimate of drug-likeness (QED) is 0.661. The molecule has 0 aromatic carbocycles. The molecule has 1 rings (SSSR count). The van der Waals surface area contributed by atoms with Gasteiger partial charge in [0, 0.05) is 26.3 Å². The van der Waals surface area contributed by atoms with Crippen LogP contribution in [0.2, 0.25) is 0 Å². The van der Waals surface area contributed by atoms with Crippen LogP contribution in [0.5, 0.6) is 0 Å². The lowest BCUT2D eigenvalue weighted by Gasteiger charge is -2.27. The van der Waals surface area contributed by atoms with E-state index in [-0.39, 0.29) is 11.9 Å². The molecule has 0 aromatic heterocycles.